The summed E-state index contributed by atoms with van der Waals surface area (Å²) in [5, 5.41) is 14.9. The molecule has 0 fully saturated rings. The molecule has 3 aromatic rings. The number of phenolic OH excluding ortho intramolecular Hbond substituents is 1. The van der Waals surface area contributed by atoms with Gasteiger partial charge in [0.15, 0.2) is 0 Å². The van der Waals surface area contributed by atoms with Crippen LogP contribution in [0.5, 0.6) is 5.75 Å². The lowest BCUT2D eigenvalue weighted by Gasteiger charge is -2.12. The van der Waals surface area contributed by atoms with Gasteiger partial charge in [-0.1, -0.05) is 42.5 Å². The molecule has 0 heterocycles. The summed E-state index contributed by atoms with van der Waals surface area (Å²) in [5.74, 6) is -0.704. The molecule has 140 valence electrons. The van der Waals surface area contributed by atoms with E-state index < -0.39 is 5.91 Å². The molecule has 3 N–H and O–H groups in total. The van der Waals surface area contributed by atoms with Crippen LogP contribution >= 0.6 is 0 Å². The zero-order valence-electron chi connectivity index (χ0n) is 15.3. The van der Waals surface area contributed by atoms with Crippen LogP contribution in [0.1, 0.15) is 21.5 Å². The molecular formula is C23H20N2O3. The topological polar surface area (TPSA) is 78.4 Å². The molecule has 2 amide bonds. The first-order valence-electron chi connectivity index (χ1n) is 8.76. The lowest BCUT2D eigenvalue weighted by molar-refractivity contribution is -0.113. The molecule has 0 saturated heterocycles. The Hall–Kier alpha value is -3.86. The van der Waals surface area contributed by atoms with Gasteiger partial charge < -0.3 is 15.7 Å². The summed E-state index contributed by atoms with van der Waals surface area (Å²) in [5.41, 5.74) is 2.86. The molecule has 28 heavy (non-hydrogen) atoms. The van der Waals surface area contributed by atoms with Crippen LogP contribution in [0.3, 0.4) is 0 Å². The Kier molecular flexibility index (Phi) is 5.87. The second-order valence-electron chi connectivity index (χ2n) is 6.29. The summed E-state index contributed by atoms with van der Waals surface area (Å²) in [6.07, 6.45) is 1.56. The van der Waals surface area contributed by atoms with Crippen LogP contribution < -0.4 is 10.6 Å². The number of amides is 2. The van der Waals surface area contributed by atoms with Gasteiger partial charge in [0.05, 0.1) is 0 Å². The molecule has 0 atom stereocenters. The van der Waals surface area contributed by atoms with Crippen molar-refractivity contribution in [3.63, 3.8) is 0 Å². The molecule has 0 aliphatic heterocycles. The smallest absolute Gasteiger partial charge is 0.272 e. The number of nitrogens with one attached hydrogen (secondary N) is 2. The van der Waals surface area contributed by atoms with Crippen molar-refractivity contribution >= 4 is 23.6 Å². The second kappa shape index (κ2) is 8.68. The predicted molar refractivity (Wildman–Crippen MR) is 110 cm³/mol. The van der Waals surface area contributed by atoms with Crippen LogP contribution in [0.15, 0.2) is 84.6 Å². The number of carbonyl (C=O) groups is 2. The predicted octanol–water partition coefficient (Wildman–Crippen LogP) is 4.11. The van der Waals surface area contributed by atoms with E-state index in [1.807, 2.05) is 31.2 Å². The van der Waals surface area contributed by atoms with E-state index in [-0.39, 0.29) is 17.4 Å². The molecule has 5 heteroatoms. The van der Waals surface area contributed by atoms with Crippen LogP contribution in [0.25, 0.3) is 6.08 Å². The molecule has 0 spiro atoms. The number of benzene rings is 3. The van der Waals surface area contributed by atoms with Gasteiger partial charge in [0.2, 0.25) is 0 Å². The van der Waals surface area contributed by atoms with E-state index in [1.54, 1.807) is 48.5 Å². The van der Waals surface area contributed by atoms with E-state index in [1.165, 1.54) is 12.1 Å². The minimum Gasteiger partial charge on any atom is -0.508 e. The Morgan fingerprint density at radius 2 is 1.61 bits per heavy atom. The van der Waals surface area contributed by atoms with Gasteiger partial charge in [-0.3, -0.25) is 9.59 Å². The van der Waals surface area contributed by atoms with Crippen molar-refractivity contribution in [1.82, 2.24) is 5.32 Å². The summed E-state index contributed by atoms with van der Waals surface area (Å²) in [4.78, 5) is 25.4. The monoisotopic (exact) mass is 372 g/mol. The van der Waals surface area contributed by atoms with Crippen LogP contribution in [0.4, 0.5) is 5.69 Å². The standard InChI is InChI=1S/C23H20N2O3/c1-16-6-5-9-19(14-16)24-23(28)21(15-17-10-12-20(26)13-11-17)25-22(27)18-7-3-2-4-8-18/h2-15,26H,1H3,(H,24,28)(H,25,27)/b21-15+. The maximum absolute atomic E-state index is 12.8. The highest BCUT2D eigenvalue weighted by molar-refractivity contribution is 6.10. The third-order valence-electron chi connectivity index (χ3n) is 4.01. The number of hydrogen-bond donors (Lipinski definition) is 3. The molecule has 0 unspecified atom stereocenters. The molecule has 0 bridgehead atoms. The van der Waals surface area contributed by atoms with Crippen molar-refractivity contribution < 1.29 is 14.7 Å². The highest BCUT2D eigenvalue weighted by Crippen LogP contribution is 2.15. The Labute approximate surface area is 163 Å². The number of phenols is 1. The Morgan fingerprint density at radius 1 is 0.893 bits per heavy atom. The highest BCUT2D eigenvalue weighted by Gasteiger charge is 2.15. The van der Waals surface area contributed by atoms with Crippen LogP contribution in [0, 0.1) is 6.92 Å². The Bertz CT molecular complexity index is 1010. The van der Waals surface area contributed by atoms with Crippen molar-refractivity contribution in [2.24, 2.45) is 0 Å². The molecular weight excluding hydrogens is 352 g/mol. The van der Waals surface area contributed by atoms with Crippen LogP contribution in [-0.4, -0.2) is 16.9 Å². The van der Waals surface area contributed by atoms with Crippen molar-refractivity contribution in [1.29, 1.82) is 0 Å². The SMILES string of the molecule is Cc1cccc(NC(=O)/C(=C\c2ccc(O)cc2)NC(=O)c2ccccc2)c1. The van der Waals surface area contributed by atoms with Gasteiger partial charge in [0.25, 0.3) is 11.8 Å². The molecule has 0 saturated carbocycles. The summed E-state index contributed by atoms with van der Waals surface area (Å²) < 4.78 is 0. The first kappa shape index (κ1) is 18.9. The minimum absolute atomic E-state index is 0.0982. The van der Waals surface area contributed by atoms with Gasteiger partial charge in [-0.05, 0) is 60.5 Å². The maximum Gasteiger partial charge on any atom is 0.272 e. The summed E-state index contributed by atoms with van der Waals surface area (Å²) in [7, 11) is 0. The zero-order chi connectivity index (χ0) is 19.9. The largest absolute Gasteiger partial charge is 0.508 e. The van der Waals surface area contributed by atoms with Gasteiger partial charge >= 0.3 is 0 Å². The summed E-state index contributed by atoms with van der Waals surface area (Å²) in [6.45, 7) is 1.93. The molecule has 0 aromatic heterocycles. The molecule has 3 rings (SSSR count). The molecule has 0 radical (unpaired) electrons. The van der Waals surface area contributed by atoms with E-state index in [2.05, 4.69) is 10.6 Å². The number of aryl methyl sites for hydroxylation is 1. The van der Waals surface area contributed by atoms with E-state index >= 15 is 0 Å². The Balaban J connectivity index is 1.88. The Morgan fingerprint density at radius 3 is 2.29 bits per heavy atom. The molecule has 5 nitrogen and oxygen atoms in total. The molecule has 0 aliphatic carbocycles. The molecule has 0 aliphatic rings. The summed E-state index contributed by atoms with van der Waals surface area (Å²) >= 11 is 0. The van der Waals surface area contributed by atoms with Crippen LogP contribution in [-0.2, 0) is 4.79 Å². The lowest BCUT2D eigenvalue weighted by atomic mass is 10.1. The van der Waals surface area contributed by atoms with Gasteiger partial charge in [-0.2, -0.15) is 0 Å². The van der Waals surface area contributed by atoms with Crippen molar-refractivity contribution in [3.05, 3.63) is 101 Å². The fourth-order valence-electron chi connectivity index (χ4n) is 2.60. The maximum atomic E-state index is 12.8. The number of rotatable bonds is 5. The highest BCUT2D eigenvalue weighted by atomic mass is 16.3. The third-order valence-corrected chi connectivity index (χ3v) is 4.01. The normalized spacial score (nSPS) is 11.0. The average Bonchev–Trinajstić information content (AvgIpc) is 2.69. The van der Waals surface area contributed by atoms with Crippen LogP contribution in [0.2, 0.25) is 0 Å². The van der Waals surface area contributed by atoms with Crippen molar-refractivity contribution in [2.45, 2.75) is 6.92 Å². The van der Waals surface area contributed by atoms with Gasteiger partial charge in [0.1, 0.15) is 11.4 Å². The van der Waals surface area contributed by atoms with Crippen molar-refractivity contribution in [2.75, 3.05) is 5.32 Å². The number of hydrogen-bond acceptors (Lipinski definition) is 3. The minimum atomic E-state index is -0.442. The fourth-order valence-corrected chi connectivity index (χ4v) is 2.60. The summed E-state index contributed by atoms with van der Waals surface area (Å²) in [6, 6.07) is 22.4. The van der Waals surface area contributed by atoms with Gasteiger partial charge in [-0.15, -0.1) is 0 Å². The van der Waals surface area contributed by atoms with E-state index in [0.717, 1.165) is 5.56 Å². The van der Waals surface area contributed by atoms with E-state index in [4.69, 9.17) is 0 Å². The number of aromatic hydroxyl groups is 1. The van der Waals surface area contributed by atoms with Gasteiger partial charge in [-0.25, -0.2) is 0 Å². The van der Waals surface area contributed by atoms with Crippen molar-refractivity contribution in [3.8, 4) is 5.75 Å². The first-order valence-corrected chi connectivity index (χ1v) is 8.76. The lowest BCUT2D eigenvalue weighted by Crippen LogP contribution is -2.30. The van der Waals surface area contributed by atoms with E-state index in [9.17, 15) is 14.7 Å². The quantitative estimate of drug-likeness (QED) is 0.590. The zero-order valence-corrected chi connectivity index (χ0v) is 15.3. The second-order valence-corrected chi connectivity index (χ2v) is 6.29. The average molecular weight is 372 g/mol. The number of anilines is 1. The molecule has 3 aromatic carbocycles. The first-order chi connectivity index (χ1) is 13.5. The van der Waals surface area contributed by atoms with Gasteiger partial charge in [0, 0.05) is 11.3 Å². The fraction of sp³-hybridized carbons (Fsp3) is 0.0435. The third kappa shape index (κ3) is 5.08. The van der Waals surface area contributed by atoms with E-state index in [0.29, 0.717) is 16.8 Å². The number of carbonyl (C=O) groups excluding carboxylic acids is 2.